The number of amides is 1. The minimum absolute atomic E-state index is 0.0319. The molecule has 1 unspecified atom stereocenters. The van der Waals surface area contributed by atoms with Crippen LogP contribution in [0.3, 0.4) is 0 Å². The van der Waals surface area contributed by atoms with Crippen molar-refractivity contribution in [2.24, 2.45) is 0 Å². The second-order valence-corrected chi connectivity index (χ2v) is 9.17. The number of carbonyl (C=O) groups excluding carboxylic acids is 1. The number of hydrogen-bond donors (Lipinski definition) is 2. The average Bonchev–Trinajstić information content (AvgIpc) is 2.90. The van der Waals surface area contributed by atoms with Gasteiger partial charge in [0.05, 0.1) is 7.11 Å². The number of benzene rings is 4. The van der Waals surface area contributed by atoms with Crippen molar-refractivity contribution in [3.63, 3.8) is 0 Å². The maximum Gasteiger partial charge on any atom is 0.303 e. The summed E-state index contributed by atoms with van der Waals surface area (Å²) in [5.74, 6) is -0.177. The zero-order chi connectivity index (χ0) is 25.5. The molecule has 4 aromatic rings. The third-order valence-corrected chi connectivity index (χ3v) is 6.51. The molecule has 184 valence electrons. The molecule has 4 rings (SSSR count). The van der Waals surface area contributed by atoms with Crippen LogP contribution in [0.15, 0.2) is 84.9 Å². The van der Waals surface area contributed by atoms with Crippen molar-refractivity contribution >= 4 is 34.2 Å². The van der Waals surface area contributed by atoms with Crippen LogP contribution >= 0.6 is 11.6 Å². The Kier molecular flexibility index (Phi) is 8.24. The maximum absolute atomic E-state index is 12.5. The van der Waals surface area contributed by atoms with Gasteiger partial charge in [-0.2, -0.15) is 0 Å². The SMILES string of the molecule is COc1ccc2cc(C(Cc3ccc(Cl)cc3)c3ccc(C(=O)NCCCC(=O)O)cc3)ccc2c1. The summed E-state index contributed by atoms with van der Waals surface area (Å²) >= 11 is 6.10. The van der Waals surface area contributed by atoms with Gasteiger partial charge in [0, 0.05) is 29.5 Å². The van der Waals surface area contributed by atoms with E-state index >= 15 is 0 Å². The first-order chi connectivity index (χ1) is 17.4. The van der Waals surface area contributed by atoms with E-state index in [1.54, 1.807) is 7.11 Å². The highest BCUT2D eigenvalue weighted by Gasteiger charge is 2.17. The third-order valence-electron chi connectivity index (χ3n) is 6.26. The van der Waals surface area contributed by atoms with Crippen LogP contribution in [0.25, 0.3) is 10.8 Å². The van der Waals surface area contributed by atoms with E-state index in [9.17, 15) is 9.59 Å². The molecule has 6 heteroatoms. The quantitative estimate of drug-likeness (QED) is 0.244. The van der Waals surface area contributed by atoms with Crippen LogP contribution < -0.4 is 10.1 Å². The van der Waals surface area contributed by atoms with Gasteiger partial charge < -0.3 is 15.2 Å². The molecule has 0 aromatic heterocycles. The number of hydrogen-bond acceptors (Lipinski definition) is 3. The van der Waals surface area contributed by atoms with Gasteiger partial charge in [0.15, 0.2) is 0 Å². The van der Waals surface area contributed by atoms with Crippen LogP contribution in [0.5, 0.6) is 5.75 Å². The van der Waals surface area contributed by atoms with Gasteiger partial charge in [0.1, 0.15) is 5.75 Å². The standard InChI is InChI=1S/C30H28ClNO4/c1-36-27-15-12-23-18-25(11-10-24(23)19-27)28(17-20-4-13-26(31)14-5-20)21-6-8-22(9-7-21)30(35)32-16-2-3-29(33)34/h4-15,18-19,28H,2-3,16-17H2,1H3,(H,32,35)(H,33,34). The number of carbonyl (C=O) groups is 2. The number of carboxylic acids is 1. The van der Waals surface area contributed by atoms with Gasteiger partial charge in [0.25, 0.3) is 5.91 Å². The van der Waals surface area contributed by atoms with E-state index in [0.717, 1.165) is 28.5 Å². The van der Waals surface area contributed by atoms with Gasteiger partial charge in [-0.25, -0.2) is 0 Å². The molecule has 0 saturated heterocycles. The van der Waals surface area contributed by atoms with Gasteiger partial charge in [-0.05, 0) is 76.7 Å². The minimum atomic E-state index is -0.867. The fourth-order valence-corrected chi connectivity index (χ4v) is 4.41. The summed E-state index contributed by atoms with van der Waals surface area (Å²) in [5, 5.41) is 14.5. The zero-order valence-electron chi connectivity index (χ0n) is 20.0. The van der Waals surface area contributed by atoms with Crippen LogP contribution in [0, 0.1) is 0 Å². The molecule has 4 aromatic carbocycles. The Bertz CT molecular complexity index is 1350. The van der Waals surface area contributed by atoms with Gasteiger partial charge in [-0.15, -0.1) is 0 Å². The molecule has 0 aliphatic carbocycles. The lowest BCUT2D eigenvalue weighted by Gasteiger charge is -2.20. The Labute approximate surface area is 215 Å². The molecule has 0 fully saturated rings. The fourth-order valence-electron chi connectivity index (χ4n) is 4.28. The lowest BCUT2D eigenvalue weighted by atomic mass is 9.84. The normalized spacial score (nSPS) is 11.7. The van der Waals surface area contributed by atoms with Crippen LogP contribution in [0.2, 0.25) is 5.02 Å². The largest absolute Gasteiger partial charge is 0.497 e. The van der Waals surface area contributed by atoms with Crippen molar-refractivity contribution in [2.45, 2.75) is 25.2 Å². The van der Waals surface area contributed by atoms with Crippen molar-refractivity contribution in [3.05, 3.63) is 112 Å². The van der Waals surface area contributed by atoms with Gasteiger partial charge in [0.2, 0.25) is 0 Å². The molecule has 0 spiro atoms. The molecule has 36 heavy (non-hydrogen) atoms. The predicted octanol–water partition coefficient (Wildman–Crippen LogP) is 6.47. The summed E-state index contributed by atoms with van der Waals surface area (Å²) in [6, 6.07) is 28.0. The van der Waals surface area contributed by atoms with E-state index < -0.39 is 5.97 Å². The van der Waals surface area contributed by atoms with E-state index in [-0.39, 0.29) is 18.2 Å². The number of carboxylic acid groups (broad SMARTS) is 1. The van der Waals surface area contributed by atoms with E-state index in [1.807, 2.05) is 60.7 Å². The Hall–Kier alpha value is -3.83. The smallest absolute Gasteiger partial charge is 0.303 e. The van der Waals surface area contributed by atoms with Crippen molar-refractivity contribution in [2.75, 3.05) is 13.7 Å². The lowest BCUT2D eigenvalue weighted by molar-refractivity contribution is -0.137. The number of halogens is 1. The highest BCUT2D eigenvalue weighted by atomic mass is 35.5. The number of rotatable bonds is 10. The maximum atomic E-state index is 12.5. The fraction of sp³-hybridized carbons (Fsp3) is 0.200. The molecule has 0 aliphatic rings. The zero-order valence-corrected chi connectivity index (χ0v) is 20.8. The first-order valence-electron chi connectivity index (χ1n) is 11.8. The van der Waals surface area contributed by atoms with Gasteiger partial charge >= 0.3 is 5.97 Å². The second kappa shape index (κ2) is 11.7. The molecular formula is C30H28ClNO4. The molecule has 1 atom stereocenters. The summed E-state index contributed by atoms with van der Waals surface area (Å²) in [5.41, 5.74) is 3.98. The summed E-state index contributed by atoms with van der Waals surface area (Å²) in [6.07, 6.45) is 1.21. The second-order valence-electron chi connectivity index (χ2n) is 8.73. The van der Waals surface area contributed by atoms with Crippen molar-refractivity contribution in [1.29, 1.82) is 0 Å². The molecule has 0 bridgehead atoms. The van der Waals surface area contributed by atoms with E-state index in [2.05, 4.69) is 29.6 Å². The molecule has 0 saturated carbocycles. The molecule has 0 aliphatic heterocycles. The van der Waals surface area contributed by atoms with Crippen LogP contribution in [-0.4, -0.2) is 30.6 Å². The van der Waals surface area contributed by atoms with E-state index in [1.165, 1.54) is 11.1 Å². The Morgan fingerprint density at radius 1 is 0.889 bits per heavy atom. The summed E-state index contributed by atoms with van der Waals surface area (Å²) in [6.45, 7) is 0.327. The van der Waals surface area contributed by atoms with Crippen LogP contribution in [0.4, 0.5) is 0 Å². The minimum Gasteiger partial charge on any atom is -0.497 e. The van der Waals surface area contributed by atoms with Gasteiger partial charge in [-0.3, -0.25) is 9.59 Å². The number of methoxy groups -OCH3 is 1. The van der Waals surface area contributed by atoms with E-state index in [4.69, 9.17) is 21.4 Å². The third kappa shape index (κ3) is 6.43. The molecule has 0 radical (unpaired) electrons. The average molecular weight is 502 g/mol. The Morgan fingerprint density at radius 2 is 1.56 bits per heavy atom. The van der Waals surface area contributed by atoms with Crippen molar-refractivity contribution in [3.8, 4) is 5.75 Å². The van der Waals surface area contributed by atoms with Crippen molar-refractivity contribution in [1.82, 2.24) is 5.32 Å². The first kappa shape index (κ1) is 25.3. The monoisotopic (exact) mass is 501 g/mol. The molecular weight excluding hydrogens is 474 g/mol. The number of aliphatic carboxylic acids is 1. The molecule has 5 nitrogen and oxygen atoms in total. The molecule has 0 heterocycles. The number of fused-ring (bicyclic) bond motifs is 1. The molecule has 2 N–H and O–H groups in total. The summed E-state index contributed by atoms with van der Waals surface area (Å²) in [4.78, 5) is 23.1. The van der Waals surface area contributed by atoms with Crippen LogP contribution in [0.1, 0.15) is 45.8 Å². The van der Waals surface area contributed by atoms with Crippen molar-refractivity contribution < 1.29 is 19.4 Å². The lowest BCUT2D eigenvalue weighted by Crippen LogP contribution is -2.24. The Morgan fingerprint density at radius 3 is 2.25 bits per heavy atom. The predicted molar refractivity (Wildman–Crippen MR) is 143 cm³/mol. The topological polar surface area (TPSA) is 75.6 Å². The van der Waals surface area contributed by atoms with Crippen LogP contribution in [-0.2, 0) is 11.2 Å². The molecule has 1 amide bonds. The highest BCUT2D eigenvalue weighted by molar-refractivity contribution is 6.30. The number of nitrogens with one attached hydrogen (secondary N) is 1. The highest BCUT2D eigenvalue weighted by Crippen LogP contribution is 2.32. The van der Waals surface area contributed by atoms with E-state index in [0.29, 0.717) is 23.6 Å². The number of ether oxygens (including phenoxy) is 1. The summed E-state index contributed by atoms with van der Waals surface area (Å²) in [7, 11) is 1.66. The Balaban J connectivity index is 1.60. The first-order valence-corrected chi connectivity index (χ1v) is 12.2. The summed E-state index contributed by atoms with van der Waals surface area (Å²) < 4.78 is 5.36. The van der Waals surface area contributed by atoms with Gasteiger partial charge in [-0.1, -0.05) is 60.1 Å².